The van der Waals surface area contributed by atoms with Gasteiger partial charge in [0.1, 0.15) is 0 Å². The van der Waals surface area contributed by atoms with E-state index in [1.807, 2.05) is 6.07 Å². The van der Waals surface area contributed by atoms with E-state index in [4.69, 9.17) is 0 Å². The van der Waals surface area contributed by atoms with Gasteiger partial charge in [0.15, 0.2) is 0 Å². The van der Waals surface area contributed by atoms with Crippen LogP contribution in [0.4, 0.5) is 0 Å². The van der Waals surface area contributed by atoms with Gasteiger partial charge in [0.05, 0.1) is 4.88 Å². The Hall–Kier alpha value is -1.36. The summed E-state index contributed by atoms with van der Waals surface area (Å²) in [4.78, 5) is 28.2. The van der Waals surface area contributed by atoms with Gasteiger partial charge in [-0.05, 0) is 43.7 Å². The van der Waals surface area contributed by atoms with Crippen molar-refractivity contribution in [1.82, 2.24) is 10.2 Å². The third-order valence-corrected chi connectivity index (χ3v) is 6.00. The first-order chi connectivity index (χ1) is 10.5. The smallest absolute Gasteiger partial charge is 0.263 e. The van der Waals surface area contributed by atoms with Crippen LogP contribution in [0, 0.1) is 5.92 Å². The van der Waals surface area contributed by atoms with Gasteiger partial charge in [-0.2, -0.15) is 0 Å². The molecule has 1 atom stereocenters. The molecule has 3 rings (SSSR count). The lowest BCUT2D eigenvalue weighted by Crippen LogP contribution is -2.39. The zero-order valence-corrected chi connectivity index (χ0v) is 14.2. The fraction of sp³-hybridized carbons (Fsp3) is 0.647. The van der Waals surface area contributed by atoms with Crippen LogP contribution in [0.15, 0.2) is 6.07 Å². The molecule has 4 nitrogen and oxygen atoms in total. The van der Waals surface area contributed by atoms with E-state index in [9.17, 15) is 9.59 Å². The standard InChI is InChI=1S/C17H24N2O2S/c1-19(2)17(21)15-10-12-9-11(7-8-14(12)22-15)16(20)18-13-5-3-4-6-13/h10-11,13H,3-9H2,1-2H3,(H,18,20). The van der Waals surface area contributed by atoms with Crippen molar-refractivity contribution in [2.75, 3.05) is 14.1 Å². The van der Waals surface area contributed by atoms with Gasteiger partial charge in [-0.1, -0.05) is 12.8 Å². The predicted molar refractivity (Wildman–Crippen MR) is 88.3 cm³/mol. The summed E-state index contributed by atoms with van der Waals surface area (Å²) < 4.78 is 0. The van der Waals surface area contributed by atoms with Crippen LogP contribution in [0.2, 0.25) is 0 Å². The number of nitrogens with zero attached hydrogens (tertiary/aromatic N) is 1. The lowest BCUT2D eigenvalue weighted by atomic mass is 9.87. The monoisotopic (exact) mass is 320 g/mol. The summed E-state index contributed by atoms with van der Waals surface area (Å²) in [5.41, 5.74) is 1.20. The average Bonchev–Trinajstić information content (AvgIpc) is 3.13. The van der Waals surface area contributed by atoms with E-state index in [0.717, 1.165) is 37.0 Å². The second-order valence-electron chi connectivity index (χ2n) is 6.69. The van der Waals surface area contributed by atoms with Crippen molar-refractivity contribution < 1.29 is 9.59 Å². The Labute approximate surface area is 135 Å². The lowest BCUT2D eigenvalue weighted by molar-refractivity contribution is -0.126. The van der Waals surface area contributed by atoms with E-state index in [0.29, 0.717) is 6.04 Å². The molecule has 120 valence electrons. The predicted octanol–water partition coefficient (Wildman–Crippen LogP) is 2.61. The minimum Gasteiger partial charge on any atom is -0.353 e. The van der Waals surface area contributed by atoms with Crippen LogP contribution in [0.5, 0.6) is 0 Å². The fourth-order valence-corrected chi connectivity index (χ4v) is 4.69. The molecule has 0 spiro atoms. The molecule has 1 fully saturated rings. The van der Waals surface area contributed by atoms with Crippen molar-refractivity contribution in [2.24, 2.45) is 5.92 Å². The molecule has 1 aromatic heterocycles. The van der Waals surface area contributed by atoms with Gasteiger partial charge in [0, 0.05) is 30.9 Å². The van der Waals surface area contributed by atoms with Gasteiger partial charge in [-0.15, -0.1) is 11.3 Å². The molecular weight excluding hydrogens is 296 g/mol. The summed E-state index contributed by atoms with van der Waals surface area (Å²) in [5, 5.41) is 3.22. The molecule has 0 radical (unpaired) electrons. The molecular formula is C17H24N2O2S. The third-order valence-electron chi connectivity index (χ3n) is 4.77. The van der Waals surface area contributed by atoms with E-state index >= 15 is 0 Å². The highest BCUT2D eigenvalue weighted by Crippen LogP contribution is 2.33. The van der Waals surface area contributed by atoms with Crippen molar-refractivity contribution in [1.29, 1.82) is 0 Å². The molecule has 1 aromatic rings. The summed E-state index contributed by atoms with van der Waals surface area (Å²) in [5.74, 6) is 0.348. The van der Waals surface area contributed by atoms with Gasteiger partial charge in [0.2, 0.25) is 5.91 Å². The van der Waals surface area contributed by atoms with Crippen LogP contribution in [0.3, 0.4) is 0 Å². The second kappa shape index (κ2) is 6.41. The van der Waals surface area contributed by atoms with Crippen molar-refractivity contribution in [3.8, 4) is 0 Å². The molecule has 1 saturated carbocycles. The van der Waals surface area contributed by atoms with Crippen molar-refractivity contribution >= 4 is 23.2 Å². The first-order valence-corrected chi connectivity index (χ1v) is 9.00. The molecule has 0 aromatic carbocycles. The highest BCUT2D eigenvalue weighted by atomic mass is 32.1. The number of thiophene rings is 1. The van der Waals surface area contributed by atoms with E-state index in [-0.39, 0.29) is 17.7 Å². The highest BCUT2D eigenvalue weighted by molar-refractivity contribution is 7.14. The fourth-order valence-electron chi connectivity index (χ4n) is 3.46. The molecule has 5 heteroatoms. The molecule has 1 heterocycles. The summed E-state index contributed by atoms with van der Waals surface area (Å²) in [6.07, 6.45) is 7.34. The number of rotatable bonds is 3. The number of nitrogens with one attached hydrogen (secondary N) is 1. The summed E-state index contributed by atoms with van der Waals surface area (Å²) in [6, 6.07) is 2.39. The molecule has 2 amide bonds. The summed E-state index contributed by atoms with van der Waals surface area (Å²) >= 11 is 1.60. The van der Waals surface area contributed by atoms with E-state index in [2.05, 4.69) is 5.32 Å². The van der Waals surface area contributed by atoms with Crippen molar-refractivity contribution in [2.45, 2.75) is 51.0 Å². The molecule has 0 saturated heterocycles. The van der Waals surface area contributed by atoms with Crippen LogP contribution in [-0.2, 0) is 17.6 Å². The first-order valence-electron chi connectivity index (χ1n) is 8.18. The lowest BCUT2D eigenvalue weighted by Gasteiger charge is -2.23. The molecule has 0 aliphatic heterocycles. The summed E-state index contributed by atoms with van der Waals surface area (Å²) in [6.45, 7) is 0. The molecule has 1 N–H and O–H groups in total. The topological polar surface area (TPSA) is 49.4 Å². The summed E-state index contributed by atoms with van der Waals surface area (Å²) in [7, 11) is 3.55. The van der Waals surface area contributed by atoms with Crippen molar-refractivity contribution in [3.63, 3.8) is 0 Å². The Morgan fingerprint density at radius 2 is 1.95 bits per heavy atom. The largest absolute Gasteiger partial charge is 0.353 e. The Balaban J connectivity index is 1.65. The minimum absolute atomic E-state index is 0.0614. The number of hydrogen-bond acceptors (Lipinski definition) is 3. The Morgan fingerprint density at radius 1 is 1.23 bits per heavy atom. The number of hydrogen-bond donors (Lipinski definition) is 1. The Morgan fingerprint density at radius 3 is 2.64 bits per heavy atom. The Bertz CT molecular complexity index is 573. The van der Waals surface area contributed by atoms with Gasteiger partial charge in [-0.25, -0.2) is 0 Å². The number of carbonyl (C=O) groups is 2. The average molecular weight is 320 g/mol. The molecule has 0 bridgehead atoms. The van der Waals surface area contributed by atoms with Crippen LogP contribution >= 0.6 is 11.3 Å². The minimum atomic E-state index is 0.0614. The number of carbonyl (C=O) groups excluding carboxylic acids is 2. The van der Waals surface area contributed by atoms with E-state index in [1.54, 1.807) is 30.3 Å². The number of aryl methyl sites for hydroxylation is 1. The number of fused-ring (bicyclic) bond motifs is 1. The molecule has 1 unspecified atom stereocenters. The maximum Gasteiger partial charge on any atom is 0.263 e. The van der Waals surface area contributed by atoms with Crippen LogP contribution in [-0.4, -0.2) is 36.9 Å². The zero-order valence-electron chi connectivity index (χ0n) is 13.4. The molecule has 22 heavy (non-hydrogen) atoms. The second-order valence-corrected chi connectivity index (χ2v) is 7.83. The quantitative estimate of drug-likeness (QED) is 0.931. The normalized spacial score (nSPS) is 21.5. The van der Waals surface area contributed by atoms with E-state index < -0.39 is 0 Å². The van der Waals surface area contributed by atoms with Gasteiger partial charge in [-0.3, -0.25) is 9.59 Å². The number of amides is 2. The van der Waals surface area contributed by atoms with Gasteiger partial charge in [0.25, 0.3) is 5.91 Å². The molecule has 2 aliphatic carbocycles. The highest BCUT2D eigenvalue weighted by Gasteiger charge is 2.29. The SMILES string of the molecule is CN(C)C(=O)c1cc2c(s1)CCC(C(=O)NC1CCCC1)C2. The van der Waals surface area contributed by atoms with Crippen LogP contribution in [0.1, 0.15) is 52.2 Å². The molecule has 2 aliphatic rings. The van der Waals surface area contributed by atoms with Crippen LogP contribution in [0.25, 0.3) is 0 Å². The van der Waals surface area contributed by atoms with Gasteiger partial charge >= 0.3 is 0 Å². The van der Waals surface area contributed by atoms with Crippen molar-refractivity contribution in [3.05, 3.63) is 21.4 Å². The first kappa shape index (κ1) is 15.5. The van der Waals surface area contributed by atoms with E-state index in [1.165, 1.54) is 23.3 Å². The maximum atomic E-state index is 12.4. The Kier molecular flexibility index (Phi) is 4.52. The van der Waals surface area contributed by atoms with Crippen LogP contribution < -0.4 is 5.32 Å². The third kappa shape index (κ3) is 3.19. The zero-order chi connectivity index (χ0) is 15.7. The van der Waals surface area contributed by atoms with Gasteiger partial charge < -0.3 is 10.2 Å². The maximum absolute atomic E-state index is 12.4.